The Labute approximate surface area is 122 Å². The van der Waals surface area contributed by atoms with Crippen molar-refractivity contribution in [1.82, 2.24) is 15.3 Å². The number of hydrogen-bond acceptors (Lipinski definition) is 4. The monoisotopic (exact) mass is 293 g/mol. The van der Waals surface area contributed by atoms with Crippen molar-refractivity contribution >= 4 is 17.5 Å². The Bertz CT molecular complexity index is 582. The van der Waals surface area contributed by atoms with Crippen molar-refractivity contribution in [2.45, 2.75) is 26.2 Å². The van der Waals surface area contributed by atoms with Crippen LogP contribution in [0.25, 0.3) is 0 Å². The Hall–Kier alpha value is -1.88. The third-order valence-electron chi connectivity index (χ3n) is 2.73. The molecule has 2 heterocycles. The minimum absolute atomic E-state index is 0.141. The molecule has 6 heteroatoms. The number of nitrogens with zero attached hydrogens (tertiary/aromatic N) is 2. The van der Waals surface area contributed by atoms with Gasteiger partial charge in [-0.15, -0.1) is 0 Å². The van der Waals surface area contributed by atoms with Gasteiger partial charge in [-0.2, -0.15) is 0 Å². The second kappa shape index (κ2) is 6.52. The predicted octanol–water partition coefficient (Wildman–Crippen LogP) is 2.82. The molecular weight excluding hydrogens is 278 g/mol. The van der Waals surface area contributed by atoms with Gasteiger partial charge in [0.2, 0.25) is 0 Å². The second-order valence-corrected chi connectivity index (χ2v) is 5.07. The summed E-state index contributed by atoms with van der Waals surface area (Å²) in [6.45, 7) is 4.38. The normalized spacial score (nSPS) is 10.8. The van der Waals surface area contributed by atoms with Crippen LogP contribution >= 0.6 is 11.6 Å². The van der Waals surface area contributed by atoms with Gasteiger partial charge in [0.15, 0.2) is 0 Å². The minimum atomic E-state index is -0.300. The molecule has 0 unspecified atom stereocenters. The zero-order valence-electron chi connectivity index (χ0n) is 11.4. The fourth-order valence-corrected chi connectivity index (χ4v) is 1.83. The van der Waals surface area contributed by atoms with Gasteiger partial charge in [0.25, 0.3) is 5.91 Å². The maximum atomic E-state index is 12.1. The molecule has 0 aliphatic carbocycles. The van der Waals surface area contributed by atoms with Crippen LogP contribution in [-0.4, -0.2) is 22.4 Å². The summed E-state index contributed by atoms with van der Waals surface area (Å²) in [7, 11) is 0. The first kappa shape index (κ1) is 14.5. The molecule has 0 saturated carbocycles. The van der Waals surface area contributed by atoms with Gasteiger partial charge in [-0.1, -0.05) is 25.4 Å². The lowest BCUT2D eigenvalue weighted by atomic mass is 10.2. The lowest BCUT2D eigenvalue weighted by molar-refractivity contribution is 0.0948. The number of carbonyl (C=O) groups excluding carboxylic acids is 1. The summed E-state index contributed by atoms with van der Waals surface area (Å²) in [5.41, 5.74) is 0.213. The Morgan fingerprint density at radius 1 is 1.50 bits per heavy atom. The highest BCUT2D eigenvalue weighted by Crippen LogP contribution is 2.16. The van der Waals surface area contributed by atoms with E-state index >= 15 is 0 Å². The van der Waals surface area contributed by atoms with Gasteiger partial charge >= 0.3 is 0 Å². The molecular formula is C14H16ClN3O2. The van der Waals surface area contributed by atoms with Gasteiger partial charge in [-0.05, 0) is 12.1 Å². The van der Waals surface area contributed by atoms with Crippen LogP contribution in [0.4, 0.5) is 0 Å². The van der Waals surface area contributed by atoms with Crippen LogP contribution in [0.3, 0.4) is 0 Å². The van der Waals surface area contributed by atoms with E-state index in [0.29, 0.717) is 18.8 Å². The van der Waals surface area contributed by atoms with Gasteiger partial charge in [0.1, 0.15) is 17.3 Å². The van der Waals surface area contributed by atoms with Crippen molar-refractivity contribution in [3.8, 4) is 0 Å². The molecule has 0 fully saturated rings. The SMILES string of the molecule is CC(C)c1ncc(Cl)c(C(=O)NCCc2ccco2)n1. The molecule has 0 bridgehead atoms. The first-order valence-corrected chi connectivity index (χ1v) is 6.78. The number of amides is 1. The van der Waals surface area contributed by atoms with E-state index < -0.39 is 0 Å². The number of rotatable bonds is 5. The van der Waals surface area contributed by atoms with E-state index in [1.807, 2.05) is 26.0 Å². The number of carbonyl (C=O) groups is 1. The average Bonchev–Trinajstić information content (AvgIpc) is 2.92. The highest BCUT2D eigenvalue weighted by atomic mass is 35.5. The zero-order chi connectivity index (χ0) is 14.5. The average molecular weight is 294 g/mol. The fraction of sp³-hybridized carbons (Fsp3) is 0.357. The van der Waals surface area contributed by atoms with Gasteiger partial charge in [-0.25, -0.2) is 9.97 Å². The third-order valence-corrected chi connectivity index (χ3v) is 3.01. The lowest BCUT2D eigenvalue weighted by Crippen LogP contribution is -2.27. The summed E-state index contributed by atoms with van der Waals surface area (Å²) < 4.78 is 5.19. The third kappa shape index (κ3) is 3.57. The van der Waals surface area contributed by atoms with E-state index in [2.05, 4.69) is 15.3 Å². The van der Waals surface area contributed by atoms with E-state index in [-0.39, 0.29) is 22.5 Å². The van der Waals surface area contributed by atoms with Crippen LogP contribution in [0.5, 0.6) is 0 Å². The Morgan fingerprint density at radius 3 is 2.95 bits per heavy atom. The molecule has 5 nitrogen and oxygen atoms in total. The summed E-state index contributed by atoms with van der Waals surface area (Å²) in [6.07, 6.45) is 3.69. The summed E-state index contributed by atoms with van der Waals surface area (Å²) in [4.78, 5) is 20.4. The maximum absolute atomic E-state index is 12.1. The molecule has 0 radical (unpaired) electrons. The van der Waals surface area contributed by atoms with Crippen LogP contribution in [-0.2, 0) is 6.42 Å². The van der Waals surface area contributed by atoms with Crippen molar-refractivity contribution in [2.24, 2.45) is 0 Å². The predicted molar refractivity (Wildman–Crippen MR) is 75.9 cm³/mol. The zero-order valence-corrected chi connectivity index (χ0v) is 12.1. The second-order valence-electron chi connectivity index (χ2n) is 4.66. The number of halogens is 1. The van der Waals surface area contributed by atoms with Crippen LogP contribution in [0.15, 0.2) is 29.0 Å². The van der Waals surface area contributed by atoms with Crippen molar-refractivity contribution in [1.29, 1.82) is 0 Å². The van der Waals surface area contributed by atoms with Crippen LogP contribution in [0.2, 0.25) is 5.02 Å². The number of aromatic nitrogens is 2. The molecule has 0 aliphatic rings. The summed E-state index contributed by atoms with van der Waals surface area (Å²) in [5, 5.41) is 3.03. The van der Waals surface area contributed by atoms with Crippen molar-refractivity contribution in [3.05, 3.63) is 46.9 Å². The molecule has 2 aromatic heterocycles. The van der Waals surface area contributed by atoms with Gasteiger partial charge in [0.05, 0.1) is 17.5 Å². The Morgan fingerprint density at radius 2 is 2.30 bits per heavy atom. The quantitative estimate of drug-likeness (QED) is 0.920. The standard InChI is InChI=1S/C14H16ClN3O2/c1-9(2)13-17-8-11(15)12(18-13)14(19)16-6-5-10-4-3-7-20-10/h3-4,7-9H,5-6H2,1-2H3,(H,16,19). The highest BCUT2D eigenvalue weighted by Gasteiger charge is 2.15. The first-order valence-electron chi connectivity index (χ1n) is 6.41. The van der Waals surface area contributed by atoms with Crippen LogP contribution in [0.1, 0.15) is 41.8 Å². The van der Waals surface area contributed by atoms with E-state index in [9.17, 15) is 4.79 Å². The number of nitrogens with one attached hydrogen (secondary N) is 1. The largest absolute Gasteiger partial charge is 0.469 e. The van der Waals surface area contributed by atoms with E-state index in [4.69, 9.17) is 16.0 Å². The summed E-state index contributed by atoms with van der Waals surface area (Å²) >= 11 is 5.97. The van der Waals surface area contributed by atoms with Crippen molar-refractivity contribution < 1.29 is 9.21 Å². The maximum Gasteiger partial charge on any atom is 0.271 e. The summed E-state index contributed by atoms with van der Waals surface area (Å²) in [6, 6.07) is 3.67. The molecule has 2 rings (SSSR count). The highest BCUT2D eigenvalue weighted by molar-refractivity contribution is 6.33. The fourth-order valence-electron chi connectivity index (χ4n) is 1.66. The smallest absolute Gasteiger partial charge is 0.271 e. The first-order chi connectivity index (χ1) is 9.58. The Kier molecular flexibility index (Phi) is 4.74. The van der Waals surface area contributed by atoms with Gasteiger partial charge in [-0.3, -0.25) is 4.79 Å². The molecule has 0 aliphatic heterocycles. The topological polar surface area (TPSA) is 68.0 Å². The molecule has 2 aromatic rings. The molecule has 0 spiro atoms. The lowest BCUT2D eigenvalue weighted by Gasteiger charge is -2.08. The minimum Gasteiger partial charge on any atom is -0.469 e. The molecule has 106 valence electrons. The van der Waals surface area contributed by atoms with Crippen LogP contribution < -0.4 is 5.32 Å². The number of hydrogen-bond donors (Lipinski definition) is 1. The van der Waals surface area contributed by atoms with E-state index in [1.54, 1.807) is 6.26 Å². The van der Waals surface area contributed by atoms with Crippen LogP contribution in [0, 0.1) is 0 Å². The molecule has 20 heavy (non-hydrogen) atoms. The molecule has 0 atom stereocenters. The molecule has 1 N–H and O–H groups in total. The van der Waals surface area contributed by atoms with Crippen molar-refractivity contribution in [2.75, 3.05) is 6.54 Å². The number of furan rings is 1. The molecule has 0 aromatic carbocycles. The van der Waals surface area contributed by atoms with Gasteiger partial charge < -0.3 is 9.73 Å². The molecule has 0 saturated heterocycles. The van der Waals surface area contributed by atoms with E-state index in [0.717, 1.165) is 5.76 Å². The van der Waals surface area contributed by atoms with Crippen molar-refractivity contribution in [3.63, 3.8) is 0 Å². The van der Waals surface area contributed by atoms with E-state index in [1.165, 1.54) is 6.20 Å². The Balaban J connectivity index is 1.99. The van der Waals surface area contributed by atoms with Gasteiger partial charge in [0, 0.05) is 18.9 Å². The summed E-state index contributed by atoms with van der Waals surface area (Å²) in [5.74, 6) is 1.26. The molecule has 1 amide bonds.